The highest BCUT2D eigenvalue weighted by atomic mass is 19.1. The van der Waals surface area contributed by atoms with Crippen molar-refractivity contribution in [3.63, 3.8) is 0 Å². The van der Waals surface area contributed by atoms with Gasteiger partial charge in [0.05, 0.1) is 5.56 Å². The number of hydrogen-bond acceptors (Lipinski definition) is 5. The Labute approximate surface area is 132 Å². The topological polar surface area (TPSA) is 78.8 Å². The number of ether oxygens (including phenoxy) is 1. The van der Waals surface area contributed by atoms with E-state index in [2.05, 4.69) is 5.32 Å². The van der Waals surface area contributed by atoms with Gasteiger partial charge < -0.3 is 20.3 Å². The fraction of sp³-hybridized carbons (Fsp3) is 0.235. The van der Waals surface area contributed by atoms with E-state index in [1.165, 1.54) is 30.3 Å². The monoisotopic (exact) mass is 317 g/mol. The maximum atomic E-state index is 13.1. The molecule has 1 heterocycles. The third-order valence-electron chi connectivity index (χ3n) is 3.69. The Morgan fingerprint density at radius 2 is 2.04 bits per heavy atom. The van der Waals surface area contributed by atoms with Gasteiger partial charge >= 0.3 is 0 Å². The van der Waals surface area contributed by atoms with Crippen molar-refractivity contribution in [2.45, 2.75) is 18.8 Å². The summed E-state index contributed by atoms with van der Waals surface area (Å²) in [6.45, 7) is 0.587. The lowest BCUT2D eigenvalue weighted by Crippen LogP contribution is -2.47. The first kappa shape index (κ1) is 15.5. The molecule has 0 saturated carbocycles. The molecule has 0 aliphatic carbocycles. The summed E-state index contributed by atoms with van der Waals surface area (Å²) < 4.78 is 18.7. The number of ketones is 1. The zero-order valence-corrected chi connectivity index (χ0v) is 12.2. The van der Waals surface area contributed by atoms with Crippen molar-refractivity contribution in [2.24, 2.45) is 0 Å². The van der Waals surface area contributed by atoms with Crippen LogP contribution in [0.1, 0.15) is 15.9 Å². The molecule has 6 heteroatoms. The van der Waals surface area contributed by atoms with Gasteiger partial charge in [-0.05, 0) is 29.8 Å². The number of Topliss-reactive ketones (excluding diaryl/α,β-unsaturated/α-hetero) is 1. The van der Waals surface area contributed by atoms with Gasteiger partial charge in [0.1, 0.15) is 23.4 Å². The predicted molar refractivity (Wildman–Crippen MR) is 81.0 cm³/mol. The fourth-order valence-corrected chi connectivity index (χ4v) is 2.53. The van der Waals surface area contributed by atoms with Gasteiger partial charge in [-0.2, -0.15) is 0 Å². The van der Waals surface area contributed by atoms with Gasteiger partial charge in [-0.1, -0.05) is 12.1 Å². The Kier molecular flexibility index (Phi) is 4.27. The summed E-state index contributed by atoms with van der Waals surface area (Å²) in [5.41, 5.74) is 0.997. The number of fused-ring (bicyclic) bond motifs is 1. The summed E-state index contributed by atoms with van der Waals surface area (Å²) in [4.78, 5) is 12.1. The van der Waals surface area contributed by atoms with Crippen molar-refractivity contribution in [1.82, 2.24) is 5.32 Å². The van der Waals surface area contributed by atoms with Gasteiger partial charge in [0.15, 0.2) is 11.9 Å². The standard InChI is InChI=1S/C17H16FNO4/c18-11-3-1-2-10(6-11)8-19-9-15-17(22)16(21)13-5-4-12(20)7-14(13)23-15/h1-7,15,17,19-20,22H,8-9H2. The molecule has 5 nitrogen and oxygen atoms in total. The minimum absolute atomic E-state index is 0.0144. The number of phenolic OH excluding ortho intramolecular Hbond substituents is 1. The fourth-order valence-electron chi connectivity index (χ4n) is 2.53. The molecule has 2 unspecified atom stereocenters. The number of rotatable bonds is 4. The van der Waals surface area contributed by atoms with Crippen LogP contribution in [0.5, 0.6) is 11.5 Å². The molecule has 0 saturated heterocycles. The number of aromatic hydroxyl groups is 1. The van der Waals surface area contributed by atoms with E-state index in [9.17, 15) is 19.4 Å². The second-order valence-corrected chi connectivity index (χ2v) is 5.41. The van der Waals surface area contributed by atoms with Crippen LogP contribution < -0.4 is 10.1 Å². The number of aliphatic hydroxyl groups excluding tert-OH is 1. The van der Waals surface area contributed by atoms with Gasteiger partial charge in [0.25, 0.3) is 0 Å². The zero-order valence-electron chi connectivity index (χ0n) is 12.2. The van der Waals surface area contributed by atoms with Gasteiger partial charge in [-0.25, -0.2) is 4.39 Å². The van der Waals surface area contributed by atoms with Gasteiger partial charge in [0.2, 0.25) is 0 Å². The molecule has 0 radical (unpaired) electrons. The highest BCUT2D eigenvalue weighted by Gasteiger charge is 2.35. The minimum atomic E-state index is -1.29. The average molecular weight is 317 g/mol. The summed E-state index contributed by atoms with van der Waals surface area (Å²) in [5.74, 6) is -0.529. The molecule has 0 amide bonds. The summed E-state index contributed by atoms with van der Waals surface area (Å²) in [7, 11) is 0. The van der Waals surface area contributed by atoms with E-state index < -0.39 is 18.0 Å². The largest absolute Gasteiger partial charge is 0.508 e. The molecule has 2 aromatic carbocycles. The summed E-state index contributed by atoms with van der Waals surface area (Å²) in [6.07, 6.45) is -2.06. The van der Waals surface area contributed by atoms with Crippen LogP contribution in [0.4, 0.5) is 4.39 Å². The van der Waals surface area contributed by atoms with Crippen molar-refractivity contribution in [2.75, 3.05) is 6.54 Å². The lowest BCUT2D eigenvalue weighted by Gasteiger charge is -2.29. The normalized spacial score (nSPS) is 20.0. The van der Waals surface area contributed by atoms with Gasteiger partial charge in [0, 0.05) is 19.2 Å². The van der Waals surface area contributed by atoms with Crippen LogP contribution in [0.2, 0.25) is 0 Å². The Morgan fingerprint density at radius 3 is 2.83 bits per heavy atom. The number of carbonyl (C=O) groups excluding carboxylic acids is 1. The SMILES string of the molecule is O=C1c2ccc(O)cc2OC(CNCc2cccc(F)c2)C1O. The van der Waals surface area contributed by atoms with E-state index >= 15 is 0 Å². The van der Waals surface area contributed by atoms with E-state index in [4.69, 9.17) is 4.74 Å². The molecule has 0 fully saturated rings. The quantitative estimate of drug-likeness (QED) is 0.799. The minimum Gasteiger partial charge on any atom is -0.508 e. The van der Waals surface area contributed by atoms with Gasteiger partial charge in [-0.15, -0.1) is 0 Å². The molecule has 23 heavy (non-hydrogen) atoms. The maximum Gasteiger partial charge on any atom is 0.198 e. The number of carbonyl (C=O) groups is 1. The molecule has 2 atom stereocenters. The third kappa shape index (κ3) is 3.33. The highest BCUT2D eigenvalue weighted by molar-refractivity contribution is 6.03. The van der Waals surface area contributed by atoms with Crippen molar-refractivity contribution in [3.05, 3.63) is 59.4 Å². The lowest BCUT2D eigenvalue weighted by molar-refractivity contribution is 0.0225. The number of nitrogens with one attached hydrogen (secondary N) is 1. The number of aliphatic hydroxyl groups is 1. The molecular formula is C17H16FNO4. The van der Waals surface area contributed by atoms with E-state index in [1.54, 1.807) is 12.1 Å². The number of halogens is 1. The van der Waals surface area contributed by atoms with Crippen LogP contribution in [-0.2, 0) is 6.54 Å². The molecule has 0 spiro atoms. The molecule has 3 rings (SSSR count). The Morgan fingerprint density at radius 1 is 1.22 bits per heavy atom. The van der Waals surface area contributed by atoms with Gasteiger partial charge in [-0.3, -0.25) is 4.79 Å². The van der Waals surface area contributed by atoms with Crippen molar-refractivity contribution in [3.8, 4) is 11.5 Å². The molecular weight excluding hydrogens is 301 g/mol. The zero-order chi connectivity index (χ0) is 16.4. The smallest absolute Gasteiger partial charge is 0.198 e. The molecule has 3 N–H and O–H groups in total. The maximum absolute atomic E-state index is 13.1. The first-order valence-corrected chi connectivity index (χ1v) is 7.22. The van der Waals surface area contributed by atoms with Crippen LogP contribution in [0.25, 0.3) is 0 Å². The first-order chi connectivity index (χ1) is 11.0. The summed E-state index contributed by atoms with van der Waals surface area (Å²) in [6, 6.07) is 10.3. The van der Waals surface area contributed by atoms with Crippen LogP contribution in [0.3, 0.4) is 0 Å². The van der Waals surface area contributed by atoms with Crippen LogP contribution in [0, 0.1) is 5.82 Å². The summed E-state index contributed by atoms with van der Waals surface area (Å²) in [5, 5.41) is 22.6. The highest BCUT2D eigenvalue weighted by Crippen LogP contribution is 2.30. The average Bonchev–Trinajstić information content (AvgIpc) is 2.52. The molecule has 2 aromatic rings. The first-order valence-electron chi connectivity index (χ1n) is 7.22. The number of benzene rings is 2. The predicted octanol–water partition coefficient (Wildman–Crippen LogP) is 1.63. The van der Waals surface area contributed by atoms with Crippen LogP contribution in [-0.4, -0.2) is 34.7 Å². The van der Waals surface area contributed by atoms with Crippen molar-refractivity contribution in [1.29, 1.82) is 0 Å². The van der Waals surface area contributed by atoms with E-state index in [0.717, 1.165) is 5.56 Å². The second kappa shape index (κ2) is 6.36. The van der Waals surface area contributed by atoms with Crippen LogP contribution in [0.15, 0.2) is 42.5 Å². The van der Waals surface area contributed by atoms with E-state index in [-0.39, 0.29) is 29.4 Å². The lowest BCUT2D eigenvalue weighted by atomic mass is 9.97. The summed E-state index contributed by atoms with van der Waals surface area (Å²) >= 11 is 0. The van der Waals surface area contributed by atoms with E-state index in [1.807, 2.05) is 0 Å². The Hall–Kier alpha value is -2.44. The van der Waals surface area contributed by atoms with Crippen LogP contribution >= 0.6 is 0 Å². The third-order valence-corrected chi connectivity index (χ3v) is 3.69. The Bertz CT molecular complexity index is 734. The molecule has 0 aromatic heterocycles. The molecule has 120 valence electrons. The number of phenols is 1. The van der Waals surface area contributed by atoms with Crippen molar-refractivity contribution >= 4 is 5.78 Å². The molecule has 1 aliphatic heterocycles. The second-order valence-electron chi connectivity index (χ2n) is 5.41. The van der Waals surface area contributed by atoms with Crippen molar-refractivity contribution < 1.29 is 24.1 Å². The van der Waals surface area contributed by atoms with E-state index in [0.29, 0.717) is 6.54 Å². The number of hydrogen-bond donors (Lipinski definition) is 3. The molecule has 1 aliphatic rings. The Balaban J connectivity index is 1.65. The molecule has 0 bridgehead atoms.